The number of pyridine rings is 1. The Balaban J connectivity index is 1.85. The van der Waals surface area contributed by atoms with Crippen LogP contribution in [0.15, 0.2) is 41.8 Å². The smallest absolute Gasteiger partial charge is 0.339 e. The van der Waals surface area contributed by atoms with Crippen LogP contribution in [0.25, 0.3) is 22.6 Å². The van der Waals surface area contributed by atoms with Gasteiger partial charge in [-0.05, 0) is 58.9 Å². The Morgan fingerprint density at radius 2 is 1.94 bits per heavy atom. The van der Waals surface area contributed by atoms with E-state index in [-0.39, 0.29) is 11.3 Å². The maximum Gasteiger partial charge on any atom is 0.339 e. The summed E-state index contributed by atoms with van der Waals surface area (Å²) in [5, 5.41) is 4.62. The van der Waals surface area contributed by atoms with Crippen LogP contribution in [0.5, 0.6) is 0 Å². The minimum absolute atomic E-state index is 0.000420. The number of primary amides is 1. The molecule has 34 heavy (non-hydrogen) atoms. The average molecular weight is 478 g/mol. The second kappa shape index (κ2) is 9.38. The van der Waals surface area contributed by atoms with Crippen molar-refractivity contribution in [3.05, 3.63) is 63.5 Å². The SMILES string of the molecule is CC(C)(C)C1CC(=Cc2cccs2)c2nc3ccccc3c(C(=O)OCC(=O)NC(N)=O)c2C1. The van der Waals surface area contributed by atoms with Gasteiger partial charge in [0.15, 0.2) is 6.61 Å². The Morgan fingerprint density at radius 3 is 2.62 bits per heavy atom. The number of para-hydroxylation sites is 1. The van der Waals surface area contributed by atoms with Gasteiger partial charge in [0.2, 0.25) is 0 Å². The Bertz CT molecular complexity index is 1290. The summed E-state index contributed by atoms with van der Waals surface area (Å²) in [5.74, 6) is -1.13. The number of urea groups is 1. The molecule has 1 aliphatic carbocycles. The Kier molecular flexibility index (Phi) is 6.52. The number of amides is 3. The van der Waals surface area contributed by atoms with Crippen LogP contribution < -0.4 is 11.1 Å². The summed E-state index contributed by atoms with van der Waals surface area (Å²) in [4.78, 5) is 42.2. The van der Waals surface area contributed by atoms with Gasteiger partial charge >= 0.3 is 12.0 Å². The lowest BCUT2D eigenvalue weighted by atomic mass is 9.69. The molecule has 8 heteroatoms. The minimum atomic E-state index is -0.996. The molecule has 0 saturated heterocycles. The molecule has 7 nitrogen and oxygen atoms in total. The normalized spacial score (nSPS) is 16.8. The van der Waals surface area contributed by atoms with Crippen molar-refractivity contribution in [2.45, 2.75) is 33.6 Å². The second-order valence-electron chi connectivity index (χ2n) is 9.48. The number of rotatable bonds is 4. The summed E-state index contributed by atoms with van der Waals surface area (Å²) >= 11 is 1.65. The van der Waals surface area contributed by atoms with E-state index in [1.54, 1.807) is 11.3 Å². The third-order valence-electron chi connectivity index (χ3n) is 6.10. The van der Waals surface area contributed by atoms with E-state index in [9.17, 15) is 14.4 Å². The maximum absolute atomic E-state index is 13.3. The Labute approximate surface area is 202 Å². The molecule has 0 bridgehead atoms. The molecule has 3 amide bonds. The average Bonchev–Trinajstić information content (AvgIpc) is 3.28. The number of nitrogens with one attached hydrogen (secondary N) is 1. The Hall–Kier alpha value is -3.52. The number of ether oxygens (including phenoxy) is 1. The summed E-state index contributed by atoms with van der Waals surface area (Å²) in [6.45, 7) is 6.00. The number of carbonyl (C=O) groups is 3. The monoisotopic (exact) mass is 477 g/mol. The van der Waals surface area contributed by atoms with Gasteiger partial charge < -0.3 is 10.5 Å². The van der Waals surface area contributed by atoms with Crippen molar-refractivity contribution in [2.24, 2.45) is 17.1 Å². The van der Waals surface area contributed by atoms with Gasteiger partial charge in [0.1, 0.15) is 0 Å². The summed E-state index contributed by atoms with van der Waals surface area (Å²) in [6, 6.07) is 10.5. The van der Waals surface area contributed by atoms with Crippen LogP contribution in [0.4, 0.5) is 4.79 Å². The molecule has 2 heterocycles. The molecule has 0 spiro atoms. The zero-order valence-corrected chi connectivity index (χ0v) is 20.2. The number of fused-ring (bicyclic) bond motifs is 2. The summed E-state index contributed by atoms with van der Waals surface area (Å²) in [6.07, 6.45) is 3.66. The molecule has 4 rings (SSSR count). The van der Waals surface area contributed by atoms with E-state index in [0.29, 0.717) is 22.9 Å². The number of hydrogen-bond donors (Lipinski definition) is 2. The number of esters is 1. The van der Waals surface area contributed by atoms with Gasteiger partial charge in [-0.2, -0.15) is 0 Å². The van der Waals surface area contributed by atoms with Crippen LogP contribution in [-0.2, 0) is 16.0 Å². The van der Waals surface area contributed by atoms with Crippen molar-refractivity contribution in [1.29, 1.82) is 0 Å². The van der Waals surface area contributed by atoms with Crippen LogP contribution in [0, 0.1) is 11.3 Å². The molecule has 2 aromatic heterocycles. The minimum Gasteiger partial charge on any atom is -0.452 e. The van der Waals surface area contributed by atoms with Gasteiger partial charge in [-0.15, -0.1) is 11.3 Å². The molecule has 1 unspecified atom stereocenters. The molecule has 0 saturated carbocycles. The molecular weight excluding hydrogens is 450 g/mol. The quantitative estimate of drug-likeness (QED) is 0.525. The van der Waals surface area contributed by atoms with E-state index >= 15 is 0 Å². The van der Waals surface area contributed by atoms with Gasteiger partial charge in [-0.3, -0.25) is 10.1 Å². The third-order valence-corrected chi connectivity index (χ3v) is 6.92. The number of hydrogen-bond acceptors (Lipinski definition) is 6. The fourth-order valence-electron chi connectivity index (χ4n) is 4.29. The molecule has 0 fully saturated rings. The predicted octanol–water partition coefficient (Wildman–Crippen LogP) is 4.80. The first-order valence-electron chi connectivity index (χ1n) is 11.1. The maximum atomic E-state index is 13.3. The highest BCUT2D eigenvalue weighted by Crippen LogP contribution is 2.45. The van der Waals surface area contributed by atoms with Crippen molar-refractivity contribution in [3.63, 3.8) is 0 Å². The van der Waals surface area contributed by atoms with Crippen molar-refractivity contribution < 1.29 is 19.1 Å². The van der Waals surface area contributed by atoms with Gasteiger partial charge in [0, 0.05) is 10.3 Å². The summed E-state index contributed by atoms with van der Waals surface area (Å²) in [5.41, 5.74) is 8.77. The molecule has 1 aromatic carbocycles. The highest BCUT2D eigenvalue weighted by molar-refractivity contribution is 7.10. The van der Waals surface area contributed by atoms with Gasteiger partial charge in [0.25, 0.3) is 5.91 Å². The van der Waals surface area contributed by atoms with Crippen LogP contribution in [0.1, 0.15) is 53.7 Å². The zero-order valence-electron chi connectivity index (χ0n) is 19.4. The van der Waals surface area contributed by atoms with E-state index in [4.69, 9.17) is 15.5 Å². The lowest BCUT2D eigenvalue weighted by Gasteiger charge is -2.36. The highest BCUT2D eigenvalue weighted by atomic mass is 32.1. The van der Waals surface area contributed by atoms with E-state index < -0.39 is 24.5 Å². The molecule has 3 N–H and O–H groups in total. The number of aromatic nitrogens is 1. The van der Waals surface area contributed by atoms with E-state index in [0.717, 1.165) is 28.1 Å². The summed E-state index contributed by atoms with van der Waals surface area (Å²) < 4.78 is 5.32. The largest absolute Gasteiger partial charge is 0.452 e. The van der Waals surface area contributed by atoms with Gasteiger partial charge in [-0.25, -0.2) is 14.6 Å². The molecule has 3 aromatic rings. The van der Waals surface area contributed by atoms with E-state index in [1.807, 2.05) is 41.0 Å². The van der Waals surface area contributed by atoms with Crippen molar-refractivity contribution in [1.82, 2.24) is 10.3 Å². The fourth-order valence-corrected chi connectivity index (χ4v) is 4.97. The number of nitrogens with zero attached hydrogens (tertiary/aromatic N) is 1. The number of thiophene rings is 1. The molecule has 1 atom stereocenters. The molecule has 176 valence electrons. The Morgan fingerprint density at radius 1 is 1.18 bits per heavy atom. The zero-order chi connectivity index (χ0) is 24.5. The molecular formula is C26H27N3O4S. The van der Waals surface area contributed by atoms with Crippen LogP contribution in [0.3, 0.4) is 0 Å². The van der Waals surface area contributed by atoms with Crippen molar-refractivity contribution >= 4 is 51.8 Å². The second-order valence-corrected chi connectivity index (χ2v) is 10.5. The van der Waals surface area contributed by atoms with Crippen LogP contribution >= 0.6 is 11.3 Å². The lowest BCUT2D eigenvalue weighted by Crippen LogP contribution is -2.38. The van der Waals surface area contributed by atoms with E-state index in [2.05, 4.69) is 32.9 Å². The first kappa shape index (κ1) is 23.6. The first-order valence-corrected chi connectivity index (χ1v) is 11.9. The van der Waals surface area contributed by atoms with Gasteiger partial charge in [0.05, 0.1) is 16.8 Å². The lowest BCUT2D eigenvalue weighted by molar-refractivity contribution is -0.123. The molecule has 1 aliphatic rings. The standard InChI is InChI=1S/C26H27N3O4S/c1-26(2,3)16-11-15(12-17-7-6-10-34-17)23-19(13-16)22(18-8-4-5-9-20(18)28-23)24(31)33-14-21(30)29-25(27)32/h4-10,12,16H,11,13-14H2,1-3H3,(H3,27,29,30,32). The predicted molar refractivity (Wildman–Crippen MR) is 133 cm³/mol. The highest BCUT2D eigenvalue weighted by Gasteiger charge is 2.35. The molecule has 0 radical (unpaired) electrons. The van der Waals surface area contributed by atoms with E-state index in [1.165, 1.54) is 0 Å². The molecule has 0 aliphatic heterocycles. The van der Waals surface area contributed by atoms with Crippen molar-refractivity contribution in [2.75, 3.05) is 6.61 Å². The first-order chi connectivity index (χ1) is 16.1. The van der Waals surface area contributed by atoms with Gasteiger partial charge in [-0.1, -0.05) is 45.0 Å². The third kappa shape index (κ3) is 5.02. The number of nitrogens with two attached hydrogens (primary N) is 1. The fraction of sp³-hybridized carbons (Fsp3) is 0.308. The summed E-state index contributed by atoms with van der Waals surface area (Å²) in [7, 11) is 0. The van der Waals surface area contributed by atoms with Crippen LogP contribution in [-0.4, -0.2) is 29.5 Å². The number of allylic oxidation sites excluding steroid dienone is 1. The number of carbonyl (C=O) groups excluding carboxylic acids is 3. The number of imide groups is 1. The topological polar surface area (TPSA) is 111 Å². The van der Waals surface area contributed by atoms with Crippen LogP contribution in [0.2, 0.25) is 0 Å². The van der Waals surface area contributed by atoms with Crippen molar-refractivity contribution in [3.8, 4) is 0 Å². The number of benzene rings is 1.